The van der Waals surface area contributed by atoms with Gasteiger partial charge in [0.2, 0.25) is 0 Å². The first-order valence-electron chi connectivity index (χ1n) is 6.93. The van der Waals surface area contributed by atoms with Crippen molar-refractivity contribution in [2.24, 2.45) is 24.6 Å². The fourth-order valence-corrected chi connectivity index (χ4v) is 3.83. The van der Waals surface area contributed by atoms with Crippen molar-refractivity contribution in [3.63, 3.8) is 0 Å². The third-order valence-electron chi connectivity index (χ3n) is 4.63. The number of aromatic nitrogens is 1. The van der Waals surface area contributed by atoms with E-state index in [4.69, 9.17) is 17.3 Å². The lowest BCUT2D eigenvalue weighted by Gasteiger charge is -2.29. The third-order valence-corrected chi connectivity index (χ3v) is 4.84. The van der Waals surface area contributed by atoms with Crippen LogP contribution < -0.4 is 5.73 Å². The highest BCUT2D eigenvalue weighted by molar-refractivity contribution is 6.31. The Kier molecular flexibility index (Phi) is 3.31. The summed E-state index contributed by atoms with van der Waals surface area (Å²) in [6, 6.07) is 2.00. The molecule has 2 N–H and O–H groups in total. The largest absolute Gasteiger partial charge is 0.345 e. The van der Waals surface area contributed by atoms with E-state index < -0.39 is 0 Å². The van der Waals surface area contributed by atoms with Crippen LogP contribution in [0.2, 0.25) is 5.02 Å². The number of hydrogen-bond acceptors (Lipinski definition) is 2. The lowest BCUT2D eigenvalue weighted by atomic mass is 9.78. The molecule has 19 heavy (non-hydrogen) atoms. The molecule has 0 aromatic carbocycles. The number of fused-ring (bicyclic) bond motifs is 1. The van der Waals surface area contributed by atoms with E-state index in [1.807, 2.05) is 11.9 Å². The molecule has 1 aromatic rings. The van der Waals surface area contributed by atoms with Gasteiger partial charge in [0.15, 0.2) is 0 Å². The lowest BCUT2D eigenvalue weighted by molar-refractivity contribution is 0.0774. The Labute approximate surface area is 118 Å². The molecular weight excluding hydrogens is 262 g/mol. The molecule has 3 atom stereocenters. The fraction of sp³-hybridized carbons (Fsp3) is 0.643. The summed E-state index contributed by atoms with van der Waals surface area (Å²) in [5.74, 6) is 1.15. The molecule has 0 bridgehead atoms. The SMILES string of the molecule is Cn1cc(Cl)cc1C(=O)N1CC2CCCC(N)C2C1. The van der Waals surface area contributed by atoms with Crippen LogP contribution in [0.25, 0.3) is 0 Å². The van der Waals surface area contributed by atoms with Crippen molar-refractivity contribution >= 4 is 17.5 Å². The summed E-state index contributed by atoms with van der Waals surface area (Å²) in [5, 5.41) is 0.610. The van der Waals surface area contributed by atoms with Crippen LogP contribution in [-0.2, 0) is 7.05 Å². The summed E-state index contributed by atoms with van der Waals surface area (Å²) in [6.07, 6.45) is 5.26. The topological polar surface area (TPSA) is 51.3 Å². The molecule has 5 heteroatoms. The number of likely N-dealkylation sites (tertiary alicyclic amines) is 1. The molecular formula is C14H20ClN3O. The maximum atomic E-state index is 12.5. The van der Waals surface area contributed by atoms with Crippen LogP contribution in [-0.4, -0.2) is 34.5 Å². The van der Waals surface area contributed by atoms with Crippen LogP contribution >= 0.6 is 11.6 Å². The van der Waals surface area contributed by atoms with Gasteiger partial charge in [-0.05, 0) is 30.7 Å². The van der Waals surface area contributed by atoms with Crippen LogP contribution in [0.4, 0.5) is 0 Å². The zero-order valence-electron chi connectivity index (χ0n) is 11.2. The minimum atomic E-state index is 0.0796. The minimum Gasteiger partial charge on any atom is -0.345 e. The quantitative estimate of drug-likeness (QED) is 0.854. The number of nitrogens with two attached hydrogens (primary N) is 1. The van der Waals surface area contributed by atoms with Gasteiger partial charge in [-0.2, -0.15) is 0 Å². The summed E-state index contributed by atoms with van der Waals surface area (Å²) in [4.78, 5) is 14.5. The number of carbonyl (C=O) groups excluding carboxylic acids is 1. The first-order chi connectivity index (χ1) is 9.06. The molecule has 1 saturated carbocycles. The third kappa shape index (κ3) is 2.28. The monoisotopic (exact) mass is 281 g/mol. The molecule has 104 valence electrons. The number of amides is 1. The zero-order valence-corrected chi connectivity index (χ0v) is 11.9. The minimum absolute atomic E-state index is 0.0796. The smallest absolute Gasteiger partial charge is 0.270 e. The van der Waals surface area contributed by atoms with Gasteiger partial charge in [0, 0.05) is 32.4 Å². The van der Waals surface area contributed by atoms with E-state index in [1.54, 1.807) is 16.8 Å². The molecule has 2 fully saturated rings. The van der Waals surface area contributed by atoms with Crippen LogP contribution in [0.5, 0.6) is 0 Å². The summed E-state index contributed by atoms with van der Waals surface area (Å²) >= 11 is 5.95. The molecule has 4 nitrogen and oxygen atoms in total. The predicted molar refractivity (Wildman–Crippen MR) is 75.1 cm³/mol. The van der Waals surface area contributed by atoms with E-state index >= 15 is 0 Å². The second-order valence-electron chi connectivity index (χ2n) is 5.88. The van der Waals surface area contributed by atoms with E-state index in [2.05, 4.69) is 0 Å². The second-order valence-corrected chi connectivity index (χ2v) is 6.32. The zero-order chi connectivity index (χ0) is 13.6. The average molecular weight is 282 g/mol. The maximum absolute atomic E-state index is 12.5. The summed E-state index contributed by atoms with van der Waals surface area (Å²) in [7, 11) is 1.86. The van der Waals surface area contributed by atoms with E-state index in [0.717, 1.165) is 19.5 Å². The molecule has 1 aliphatic carbocycles. The molecule has 1 aromatic heterocycles. The van der Waals surface area contributed by atoms with Crippen LogP contribution in [0, 0.1) is 11.8 Å². The van der Waals surface area contributed by atoms with Crippen LogP contribution in [0.1, 0.15) is 29.8 Å². The van der Waals surface area contributed by atoms with E-state index in [0.29, 0.717) is 22.6 Å². The van der Waals surface area contributed by atoms with Gasteiger partial charge < -0.3 is 15.2 Å². The first kappa shape index (κ1) is 13.0. The van der Waals surface area contributed by atoms with E-state index in [1.165, 1.54) is 12.8 Å². The number of carbonyl (C=O) groups is 1. The summed E-state index contributed by atoms with van der Waals surface area (Å²) < 4.78 is 1.80. The lowest BCUT2D eigenvalue weighted by Crippen LogP contribution is -2.38. The van der Waals surface area contributed by atoms with Gasteiger partial charge in [-0.25, -0.2) is 0 Å². The second kappa shape index (κ2) is 4.84. The molecule has 1 amide bonds. The van der Waals surface area contributed by atoms with E-state index in [9.17, 15) is 4.79 Å². The molecule has 1 saturated heterocycles. The van der Waals surface area contributed by atoms with Gasteiger partial charge in [0.1, 0.15) is 5.69 Å². The van der Waals surface area contributed by atoms with Gasteiger partial charge in [0.25, 0.3) is 5.91 Å². The normalized spacial score (nSPS) is 30.5. The predicted octanol–water partition coefficient (Wildman–Crippen LogP) is 1.88. The first-order valence-corrected chi connectivity index (χ1v) is 7.31. The Morgan fingerprint density at radius 1 is 1.42 bits per heavy atom. The standard InChI is InChI=1S/C14H20ClN3O/c1-17-7-10(15)5-13(17)14(19)18-6-9-3-2-4-12(16)11(9)8-18/h5,7,9,11-12H,2-4,6,8,16H2,1H3. The number of hydrogen-bond donors (Lipinski definition) is 1. The number of rotatable bonds is 1. The van der Waals surface area contributed by atoms with Crippen molar-refractivity contribution in [3.8, 4) is 0 Å². The van der Waals surface area contributed by atoms with Gasteiger partial charge in [-0.15, -0.1) is 0 Å². The number of halogens is 1. The van der Waals surface area contributed by atoms with Crippen molar-refractivity contribution in [2.45, 2.75) is 25.3 Å². The Morgan fingerprint density at radius 2 is 2.21 bits per heavy atom. The van der Waals surface area contributed by atoms with Crippen molar-refractivity contribution in [1.82, 2.24) is 9.47 Å². The summed E-state index contributed by atoms with van der Waals surface area (Å²) in [6.45, 7) is 1.65. The van der Waals surface area contributed by atoms with Gasteiger partial charge >= 0.3 is 0 Å². The van der Waals surface area contributed by atoms with Crippen LogP contribution in [0.15, 0.2) is 12.3 Å². The number of aryl methyl sites for hydroxylation is 1. The molecule has 3 unspecified atom stereocenters. The Bertz CT molecular complexity index is 499. The highest BCUT2D eigenvalue weighted by atomic mass is 35.5. The molecule has 1 aliphatic heterocycles. The van der Waals surface area contributed by atoms with E-state index in [-0.39, 0.29) is 11.9 Å². The van der Waals surface area contributed by atoms with Crippen molar-refractivity contribution in [3.05, 3.63) is 23.0 Å². The Balaban J connectivity index is 1.77. The molecule has 0 spiro atoms. The molecule has 0 radical (unpaired) electrons. The molecule has 2 heterocycles. The van der Waals surface area contributed by atoms with Crippen molar-refractivity contribution < 1.29 is 4.79 Å². The van der Waals surface area contributed by atoms with Gasteiger partial charge in [-0.1, -0.05) is 18.0 Å². The fourth-order valence-electron chi connectivity index (χ4n) is 3.58. The molecule has 3 rings (SSSR count). The highest BCUT2D eigenvalue weighted by Gasteiger charge is 2.40. The Hall–Kier alpha value is -1.00. The maximum Gasteiger partial charge on any atom is 0.270 e. The van der Waals surface area contributed by atoms with Crippen LogP contribution in [0.3, 0.4) is 0 Å². The highest BCUT2D eigenvalue weighted by Crippen LogP contribution is 2.36. The summed E-state index contributed by atoms with van der Waals surface area (Å²) in [5.41, 5.74) is 6.85. The Morgan fingerprint density at radius 3 is 2.84 bits per heavy atom. The van der Waals surface area contributed by atoms with Crippen molar-refractivity contribution in [1.29, 1.82) is 0 Å². The molecule has 2 aliphatic rings. The number of nitrogens with zero attached hydrogens (tertiary/aromatic N) is 2. The van der Waals surface area contributed by atoms with Gasteiger partial charge in [-0.3, -0.25) is 4.79 Å². The van der Waals surface area contributed by atoms with Crippen molar-refractivity contribution in [2.75, 3.05) is 13.1 Å². The van der Waals surface area contributed by atoms with Gasteiger partial charge in [0.05, 0.1) is 5.02 Å². The average Bonchev–Trinajstić information content (AvgIpc) is 2.93.